The lowest BCUT2D eigenvalue weighted by Crippen LogP contribution is -2.28. The zero-order chi connectivity index (χ0) is 15.7. The molecule has 0 radical (unpaired) electrons. The van der Waals surface area contributed by atoms with Crippen LogP contribution in [0.2, 0.25) is 0 Å². The first-order valence-electron chi connectivity index (χ1n) is 7.92. The molecular formula is C17H29NO2S. The van der Waals surface area contributed by atoms with Crippen molar-refractivity contribution in [3.05, 3.63) is 35.9 Å². The van der Waals surface area contributed by atoms with Crippen LogP contribution in [0.1, 0.15) is 39.2 Å². The van der Waals surface area contributed by atoms with Gasteiger partial charge in [0.15, 0.2) is 9.84 Å². The van der Waals surface area contributed by atoms with Gasteiger partial charge in [0.2, 0.25) is 0 Å². The van der Waals surface area contributed by atoms with Gasteiger partial charge in [0.05, 0.1) is 11.0 Å². The van der Waals surface area contributed by atoms with Crippen LogP contribution in [0.4, 0.5) is 0 Å². The monoisotopic (exact) mass is 311 g/mol. The third-order valence-corrected chi connectivity index (χ3v) is 6.00. The van der Waals surface area contributed by atoms with E-state index in [2.05, 4.69) is 24.4 Å². The summed E-state index contributed by atoms with van der Waals surface area (Å²) in [6.45, 7) is 7.54. The lowest BCUT2D eigenvalue weighted by atomic mass is 9.97. The molecule has 21 heavy (non-hydrogen) atoms. The number of benzene rings is 1. The van der Waals surface area contributed by atoms with E-state index in [-0.39, 0.29) is 11.0 Å². The minimum atomic E-state index is -2.94. The highest BCUT2D eigenvalue weighted by molar-refractivity contribution is 7.91. The average molecular weight is 311 g/mol. The van der Waals surface area contributed by atoms with Crippen LogP contribution in [-0.2, 0) is 16.3 Å². The van der Waals surface area contributed by atoms with Gasteiger partial charge in [-0.25, -0.2) is 8.42 Å². The third-order valence-electron chi connectivity index (χ3n) is 3.76. The summed E-state index contributed by atoms with van der Waals surface area (Å²) in [7, 11) is -2.94. The van der Waals surface area contributed by atoms with Crippen LogP contribution in [-0.4, -0.2) is 32.5 Å². The number of hydrogen-bond donors (Lipinski definition) is 1. The molecule has 0 aliphatic heterocycles. The molecule has 0 saturated heterocycles. The molecule has 0 spiro atoms. The molecule has 0 aliphatic carbocycles. The number of sulfone groups is 1. The molecule has 0 amide bonds. The Bertz CT molecular complexity index is 483. The highest BCUT2D eigenvalue weighted by atomic mass is 32.2. The quantitative estimate of drug-likeness (QED) is 0.676. The Labute approximate surface area is 130 Å². The second kappa shape index (κ2) is 9.21. The minimum absolute atomic E-state index is 0.279. The number of rotatable bonds is 10. The fourth-order valence-electron chi connectivity index (χ4n) is 2.27. The van der Waals surface area contributed by atoms with Gasteiger partial charge in [-0.15, -0.1) is 0 Å². The van der Waals surface area contributed by atoms with E-state index in [9.17, 15) is 8.42 Å². The fraction of sp³-hybridized carbons (Fsp3) is 0.647. The largest absolute Gasteiger partial charge is 0.316 e. The van der Waals surface area contributed by atoms with Gasteiger partial charge in [-0.1, -0.05) is 37.3 Å². The van der Waals surface area contributed by atoms with Crippen LogP contribution in [0.15, 0.2) is 30.3 Å². The molecule has 1 aromatic carbocycles. The molecule has 3 nitrogen and oxygen atoms in total. The molecule has 1 rings (SSSR count). The van der Waals surface area contributed by atoms with E-state index < -0.39 is 9.84 Å². The Morgan fingerprint density at radius 1 is 1.14 bits per heavy atom. The van der Waals surface area contributed by atoms with Crippen LogP contribution >= 0.6 is 0 Å². The second-order valence-corrected chi connectivity index (χ2v) is 8.64. The van der Waals surface area contributed by atoms with Gasteiger partial charge in [-0.2, -0.15) is 0 Å². The molecule has 0 bridgehead atoms. The summed E-state index contributed by atoms with van der Waals surface area (Å²) in [5, 5.41) is 3.15. The standard InChI is InChI=1S/C17H29NO2S/c1-4-11-18-14-17(10-12-21(19,20)15(2)3)13-16-8-6-5-7-9-16/h5-9,15,17-18H,4,10-14H2,1-3H3. The maximum atomic E-state index is 12.0. The van der Waals surface area contributed by atoms with Crippen molar-refractivity contribution < 1.29 is 8.42 Å². The molecule has 1 aromatic rings. The fourth-order valence-corrected chi connectivity index (χ4v) is 3.41. The number of nitrogens with one attached hydrogen (secondary N) is 1. The Morgan fingerprint density at radius 3 is 2.38 bits per heavy atom. The van der Waals surface area contributed by atoms with E-state index in [1.165, 1.54) is 5.56 Å². The first-order chi connectivity index (χ1) is 9.95. The van der Waals surface area contributed by atoms with E-state index in [1.54, 1.807) is 13.8 Å². The van der Waals surface area contributed by atoms with E-state index in [0.29, 0.717) is 5.92 Å². The first kappa shape index (κ1) is 18.2. The maximum Gasteiger partial charge on any atom is 0.152 e. The highest BCUT2D eigenvalue weighted by Gasteiger charge is 2.19. The Hall–Kier alpha value is -0.870. The van der Waals surface area contributed by atoms with E-state index in [0.717, 1.165) is 32.4 Å². The van der Waals surface area contributed by atoms with Crippen LogP contribution in [0.25, 0.3) is 0 Å². The smallest absolute Gasteiger partial charge is 0.152 e. The van der Waals surface area contributed by atoms with Gasteiger partial charge in [-0.3, -0.25) is 0 Å². The van der Waals surface area contributed by atoms with Crippen LogP contribution in [0.3, 0.4) is 0 Å². The molecule has 0 aliphatic rings. The third kappa shape index (κ3) is 7.09. The molecule has 0 heterocycles. The van der Waals surface area contributed by atoms with Gasteiger partial charge >= 0.3 is 0 Å². The Kier molecular flexibility index (Phi) is 7.97. The zero-order valence-corrected chi connectivity index (χ0v) is 14.3. The van der Waals surface area contributed by atoms with Gasteiger partial charge in [-0.05, 0) is 57.7 Å². The summed E-state index contributed by atoms with van der Waals surface area (Å²) >= 11 is 0. The first-order valence-corrected chi connectivity index (χ1v) is 9.63. The van der Waals surface area contributed by atoms with E-state index >= 15 is 0 Å². The van der Waals surface area contributed by atoms with Gasteiger partial charge in [0.25, 0.3) is 0 Å². The molecule has 0 saturated carbocycles. The normalized spacial score (nSPS) is 13.5. The molecule has 0 fully saturated rings. The van der Waals surface area contributed by atoms with Gasteiger partial charge in [0, 0.05) is 0 Å². The van der Waals surface area contributed by atoms with E-state index in [4.69, 9.17) is 0 Å². The zero-order valence-electron chi connectivity index (χ0n) is 13.5. The van der Waals surface area contributed by atoms with Crippen molar-refractivity contribution in [3.63, 3.8) is 0 Å². The van der Waals surface area contributed by atoms with Gasteiger partial charge < -0.3 is 5.32 Å². The summed E-state index contributed by atoms with van der Waals surface area (Å²) in [6.07, 6.45) is 2.76. The van der Waals surface area contributed by atoms with Crippen molar-refractivity contribution in [3.8, 4) is 0 Å². The summed E-state index contributed by atoms with van der Waals surface area (Å²) in [6, 6.07) is 10.3. The predicted octanol–water partition coefficient (Wildman–Crippen LogP) is 3.06. The van der Waals surface area contributed by atoms with Crippen molar-refractivity contribution in [2.75, 3.05) is 18.8 Å². The maximum absolute atomic E-state index is 12.0. The summed E-state index contributed by atoms with van der Waals surface area (Å²) in [4.78, 5) is 0. The van der Waals surface area contributed by atoms with Gasteiger partial charge in [0.1, 0.15) is 0 Å². The second-order valence-electron chi connectivity index (χ2n) is 5.96. The average Bonchev–Trinajstić information content (AvgIpc) is 2.46. The van der Waals surface area contributed by atoms with Crippen molar-refractivity contribution in [1.82, 2.24) is 5.32 Å². The molecule has 1 atom stereocenters. The summed E-state index contributed by atoms with van der Waals surface area (Å²) < 4.78 is 24.0. The van der Waals surface area contributed by atoms with Crippen molar-refractivity contribution in [1.29, 1.82) is 0 Å². The summed E-state index contributed by atoms with van der Waals surface area (Å²) in [5.41, 5.74) is 1.28. The molecule has 120 valence electrons. The van der Waals surface area contributed by atoms with E-state index in [1.807, 2.05) is 18.2 Å². The topological polar surface area (TPSA) is 46.2 Å². The Balaban J connectivity index is 2.60. The lowest BCUT2D eigenvalue weighted by molar-refractivity contribution is 0.458. The van der Waals surface area contributed by atoms with Crippen LogP contribution in [0.5, 0.6) is 0 Å². The molecule has 4 heteroatoms. The van der Waals surface area contributed by atoms with Crippen molar-refractivity contribution in [2.24, 2.45) is 5.92 Å². The minimum Gasteiger partial charge on any atom is -0.316 e. The van der Waals surface area contributed by atoms with Crippen LogP contribution < -0.4 is 5.32 Å². The lowest BCUT2D eigenvalue weighted by Gasteiger charge is -2.18. The highest BCUT2D eigenvalue weighted by Crippen LogP contribution is 2.14. The Morgan fingerprint density at radius 2 is 1.81 bits per heavy atom. The molecular weight excluding hydrogens is 282 g/mol. The summed E-state index contributed by atoms with van der Waals surface area (Å²) in [5.74, 6) is 0.656. The van der Waals surface area contributed by atoms with Crippen molar-refractivity contribution >= 4 is 9.84 Å². The van der Waals surface area contributed by atoms with Crippen LogP contribution in [0, 0.1) is 5.92 Å². The molecule has 1 N–H and O–H groups in total. The molecule has 0 aromatic heterocycles. The van der Waals surface area contributed by atoms with Crippen molar-refractivity contribution in [2.45, 2.75) is 45.3 Å². The predicted molar refractivity (Wildman–Crippen MR) is 90.3 cm³/mol. The number of hydrogen-bond acceptors (Lipinski definition) is 3. The molecule has 1 unspecified atom stereocenters. The SMILES string of the molecule is CCCNCC(CCS(=O)(=O)C(C)C)Cc1ccccc1.